The first-order valence-corrected chi connectivity index (χ1v) is 17.1. The number of nitrogens with zero attached hydrogens (tertiary/aromatic N) is 3. The van der Waals surface area contributed by atoms with Gasteiger partial charge in [-0.1, -0.05) is 124 Å². The molecule has 2 aromatic heterocycles. The van der Waals surface area contributed by atoms with Gasteiger partial charge in [0.1, 0.15) is 6.73 Å². The van der Waals surface area contributed by atoms with E-state index in [9.17, 15) is 0 Å². The molecule has 3 aromatic rings. The van der Waals surface area contributed by atoms with Crippen LogP contribution < -0.4 is 20.5 Å². The molecule has 4 N–H and O–H groups in total. The van der Waals surface area contributed by atoms with Crippen LogP contribution in [0.4, 0.5) is 5.69 Å². The van der Waals surface area contributed by atoms with Gasteiger partial charge in [-0.15, -0.1) is 10.2 Å². The molecule has 1 atom stereocenters. The van der Waals surface area contributed by atoms with Crippen molar-refractivity contribution in [2.75, 3.05) is 19.1 Å². The maximum atomic E-state index is 6.09. The summed E-state index contributed by atoms with van der Waals surface area (Å²) in [7, 11) is 0. The van der Waals surface area contributed by atoms with Crippen molar-refractivity contribution >= 4 is 11.3 Å². The number of fused-ring (bicyclic) bond motifs is 1. The van der Waals surface area contributed by atoms with E-state index in [1.807, 2.05) is 29.6 Å². The summed E-state index contributed by atoms with van der Waals surface area (Å²) in [6.07, 6.45) is 21.8. The molecular weight excluding hydrogens is 536 g/mol. The Morgan fingerprint density at radius 3 is 1.95 bits per heavy atom. The van der Waals surface area contributed by atoms with Gasteiger partial charge in [0.2, 0.25) is 0 Å². The minimum Gasteiger partial charge on any atom is -0.490 e. The van der Waals surface area contributed by atoms with Gasteiger partial charge in [-0.2, -0.15) is 0 Å². The number of aromatic amines is 1. The average Bonchev–Trinajstić information content (AvgIpc) is 3.57. The Morgan fingerprint density at radius 2 is 1.37 bits per heavy atom. The quantitative estimate of drug-likeness (QED) is 0.0573. The smallest absolute Gasteiger partial charge is 0.177 e. The number of nitrogens with two attached hydrogens (primary N) is 1. The fraction of sp³-hybridized carbons (Fsp3) is 0.714. The largest absolute Gasteiger partial charge is 0.490 e. The number of nitrogen functional groups attached to an aromatic ring is 1. The van der Waals surface area contributed by atoms with Crippen LogP contribution in [-0.2, 0) is 5.41 Å². The Balaban J connectivity index is 1.26. The second-order valence-corrected chi connectivity index (χ2v) is 13.2. The third-order valence-corrected chi connectivity index (χ3v) is 8.25. The third-order valence-electron chi connectivity index (χ3n) is 8.25. The number of hydrogen-bond donors (Lipinski definition) is 3. The Bertz CT molecular complexity index is 1160. The molecule has 242 valence electrons. The van der Waals surface area contributed by atoms with E-state index in [4.69, 9.17) is 15.2 Å². The highest BCUT2D eigenvalue weighted by atomic mass is 16.5. The molecule has 0 aliphatic heterocycles. The molecule has 0 spiro atoms. The average molecular weight is 597 g/mol. The van der Waals surface area contributed by atoms with Crippen molar-refractivity contribution in [1.29, 1.82) is 0 Å². The van der Waals surface area contributed by atoms with Gasteiger partial charge >= 0.3 is 0 Å². The monoisotopic (exact) mass is 596 g/mol. The fourth-order valence-electron chi connectivity index (χ4n) is 5.39. The van der Waals surface area contributed by atoms with Crippen molar-refractivity contribution in [2.45, 2.75) is 149 Å². The lowest BCUT2D eigenvalue weighted by Crippen LogP contribution is -2.26. The van der Waals surface area contributed by atoms with Crippen LogP contribution in [-0.4, -0.2) is 33.1 Å². The summed E-state index contributed by atoms with van der Waals surface area (Å²) < 4.78 is 14.1. The van der Waals surface area contributed by atoms with Crippen molar-refractivity contribution in [3.63, 3.8) is 0 Å². The van der Waals surface area contributed by atoms with Crippen molar-refractivity contribution in [1.82, 2.24) is 25.1 Å². The normalized spacial score (nSPS) is 12.7. The van der Waals surface area contributed by atoms with Gasteiger partial charge in [0.25, 0.3) is 0 Å². The molecule has 1 unspecified atom stereocenters. The highest BCUT2D eigenvalue weighted by Crippen LogP contribution is 2.30. The molecule has 0 fully saturated rings. The molecule has 43 heavy (non-hydrogen) atoms. The number of ether oxygens (including phenoxy) is 2. The predicted molar refractivity (Wildman–Crippen MR) is 179 cm³/mol. The van der Waals surface area contributed by atoms with Crippen LogP contribution in [0.2, 0.25) is 0 Å². The zero-order valence-electron chi connectivity index (χ0n) is 27.9. The molecular formula is C35H60N6O2. The van der Waals surface area contributed by atoms with Crippen LogP contribution in [0.15, 0.2) is 24.3 Å². The number of rotatable bonds is 23. The lowest BCUT2D eigenvalue weighted by Gasteiger charge is -2.17. The summed E-state index contributed by atoms with van der Waals surface area (Å²) in [6, 6.07) is 7.56. The summed E-state index contributed by atoms with van der Waals surface area (Å²) in [6.45, 7) is 11.8. The van der Waals surface area contributed by atoms with E-state index in [1.54, 1.807) is 0 Å². The van der Waals surface area contributed by atoms with Gasteiger partial charge in [0.15, 0.2) is 23.0 Å². The van der Waals surface area contributed by atoms with E-state index in [0.29, 0.717) is 24.8 Å². The van der Waals surface area contributed by atoms with Crippen LogP contribution in [0.3, 0.4) is 0 Å². The summed E-state index contributed by atoms with van der Waals surface area (Å²) in [5.41, 5.74) is 8.64. The summed E-state index contributed by atoms with van der Waals surface area (Å²) in [4.78, 5) is 0. The van der Waals surface area contributed by atoms with Crippen LogP contribution in [0.1, 0.15) is 155 Å². The lowest BCUT2D eigenvalue weighted by atomic mass is 9.93. The van der Waals surface area contributed by atoms with Crippen molar-refractivity contribution in [2.24, 2.45) is 0 Å². The molecule has 8 heteroatoms. The number of anilines is 1. The minimum atomic E-state index is -0.0722. The van der Waals surface area contributed by atoms with Gasteiger partial charge < -0.3 is 15.2 Å². The van der Waals surface area contributed by atoms with Crippen molar-refractivity contribution in [3.05, 3.63) is 35.8 Å². The first kappa shape index (κ1) is 34.7. The molecule has 0 radical (unpaired) electrons. The lowest BCUT2D eigenvalue weighted by molar-refractivity contribution is 0.237. The number of H-pyrrole nitrogens is 1. The summed E-state index contributed by atoms with van der Waals surface area (Å²) in [5, 5.41) is 15.5. The molecule has 8 nitrogen and oxygen atoms in total. The van der Waals surface area contributed by atoms with Crippen LogP contribution >= 0.6 is 0 Å². The summed E-state index contributed by atoms with van der Waals surface area (Å²) >= 11 is 0. The van der Waals surface area contributed by atoms with Gasteiger partial charge in [0.05, 0.1) is 12.6 Å². The van der Waals surface area contributed by atoms with Crippen LogP contribution in [0, 0.1) is 0 Å². The molecule has 1 aromatic carbocycles. The highest BCUT2D eigenvalue weighted by molar-refractivity contribution is 5.52. The molecule has 0 amide bonds. The standard InChI is InChI=1S/C35H60N6O2/c1-6-7-8-9-10-11-12-13-14-15-16-17-18-19-20-21-24-42-30-23-22-29(36)25-31(30)43-27-37-28(2)34-39-38-33-26-32(35(3,4)5)40-41(33)34/h22-23,25-26,28,37,40H,6-21,24,27,36H2,1-5H3. The highest BCUT2D eigenvalue weighted by Gasteiger charge is 2.21. The van der Waals surface area contributed by atoms with Gasteiger partial charge in [-0.3, -0.25) is 10.4 Å². The van der Waals surface area contributed by atoms with Crippen LogP contribution in [0.5, 0.6) is 11.5 Å². The number of aromatic nitrogens is 4. The Morgan fingerprint density at radius 1 is 0.791 bits per heavy atom. The maximum absolute atomic E-state index is 6.09. The first-order valence-electron chi connectivity index (χ1n) is 17.1. The predicted octanol–water partition coefficient (Wildman–Crippen LogP) is 9.26. The van der Waals surface area contributed by atoms with Crippen molar-refractivity contribution < 1.29 is 9.47 Å². The number of benzene rings is 1. The molecule has 3 rings (SSSR count). The Labute approximate surface area is 260 Å². The molecule has 0 saturated carbocycles. The minimum absolute atomic E-state index is 0.00751. The summed E-state index contributed by atoms with van der Waals surface area (Å²) in [5.74, 6) is 2.19. The van der Waals surface area contributed by atoms with Crippen molar-refractivity contribution in [3.8, 4) is 11.5 Å². The van der Waals surface area contributed by atoms with E-state index in [-0.39, 0.29) is 11.5 Å². The van der Waals surface area contributed by atoms with Gasteiger partial charge in [0, 0.05) is 28.9 Å². The molecule has 0 saturated heterocycles. The number of hydrogen-bond acceptors (Lipinski definition) is 6. The second kappa shape index (κ2) is 18.8. The van der Waals surface area contributed by atoms with Gasteiger partial charge in [-0.25, -0.2) is 4.52 Å². The second-order valence-electron chi connectivity index (χ2n) is 13.2. The SMILES string of the molecule is CCCCCCCCCCCCCCCCCCOc1ccc(N)cc1OCNC(C)c1nnc2cc(C(C)(C)C)[nH]n12. The van der Waals surface area contributed by atoms with E-state index >= 15 is 0 Å². The molecule has 0 bridgehead atoms. The molecule has 0 aliphatic carbocycles. The zero-order chi connectivity index (χ0) is 30.9. The fourth-order valence-corrected chi connectivity index (χ4v) is 5.39. The maximum Gasteiger partial charge on any atom is 0.177 e. The molecule has 2 heterocycles. The van der Waals surface area contributed by atoms with Gasteiger partial charge in [-0.05, 0) is 25.5 Å². The Kier molecular flexibility index (Phi) is 15.2. The topological polar surface area (TPSA) is 102 Å². The van der Waals surface area contributed by atoms with E-state index in [0.717, 1.165) is 29.3 Å². The van der Waals surface area contributed by atoms with E-state index in [1.165, 1.54) is 96.3 Å². The number of nitrogens with one attached hydrogen (secondary N) is 2. The Hall–Kier alpha value is -2.74. The first-order chi connectivity index (χ1) is 20.8. The van der Waals surface area contributed by atoms with E-state index < -0.39 is 0 Å². The molecule has 0 aliphatic rings. The third kappa shape index (κ3) is 12.4. The van der Waals surface area contributed by atoms with E-state index in [2.05, 4.69) is 54.4 Å². The van der Waals surface area contributed by atoms with Crippen LogP contribution in [0.25, 0.3) is 5.65 Å². The zero-order valence-corrected chi connectivity index (χ0v) is 27.9. The number of unbranched alkanes of at least 4 members (excludes halogenated alkanes) is 15.